The van der Waals surface area contributed by atoms with Crippen LogP contribution in [0, 0.1) is 0 Å². The van der Waals surface area contributed by atoms with Crippen LogP contribution in [-0.4, -0.2) is 4.98 Å². The summed E-state index contributed by atoms with van der Waals surface area (Å²) in [6.45, 7) is 2.88. The SMILES string of the molecule is C[C@H](NCc1cc(Cl)ccc1Br)c1cccnc1. The Kier molecular flexibility index (Phi) is 4.75. The highest BCUT2D eigenvalue weighted by atomic mass is 79.9. The Morgan fingerprint density at radius 3 is 2.94 bits per heavy atom. The fourth-order valence-electron chi connectivity index (χ4n) is 1.69. The maximum absolute atomic E-state index is 5.99. The van der Waals surface area contributed by atoms with E-state index in [1.54, 1.807) is 6.20 Å². The molecule has 0 amide bonds. The molecule has 1 heterocycles. The summed E-state index contributed by atoms with van der Waals surface area (Å²) in [5, 5.41) is 4.21. The monoisotopic (exact) mass is 324 g/mol. The molecule has 0 radical (unpaired) electrons. The van der Waals surface area contributed by atoms with Crippen molar-refractivity contribution in [2.24, 2.45) is 0 Å². The molecule has 0 spiro atoms. The third kappa shape index (κ3) is 3.55. The lowest BCUT2D eigenvalue weighted by Crippen LogP contribution is -2.18. The van der Waals surface area contributed by atoms with Gasteiger partial charge in [-0.15, -0.1) is 0 Å². The number of nitrogens with one attached hydrogen (secondary N) is 1. The summed E-state index contributed by atoms with van der Waals surface area (Å²) in [5.41, 5.74) is 2.33. The van der Waals surface area contributed by atoms with Crippen molar-refractivity contribution < 1.29 is 0 Å². The molecule has 1 atom stereocenters. The second-order valence-corrected chi connectivity index (χ2v) is 5.42. The van der Waals surface area contributed by atoms with E-state index in [4.69, 9.17) is 11.6 Å². The zero-order chi connectivity index (χ0) is 13.0. The van der Waals surface area contributed by atoms with E-state index >= 15 is 0 Å². The van der Waals surface area contributed by atoms with Crippen LogP contribution in [0.5, 0.6) is 0 Å². The van der Waals surface area contributed by atoms with Crippen LogP contribution in [0.3, 0.4) is 0 Å². The fraction of sp³-hybridized carbons (Fsp3) is 0.214. The van der Waals surface area contributed by atoms with E-state index in [1.165, 1.54) is 5.56 Å². The molecular formula is C14H14BrClN2. The summed E-state index contributed by atoms with van der Waals surface area (Å²) < 4.78 is 1.07. The summed E-state index contributed by atoms with van der Waals surface area (Å²) in [6.07, 6.45) is 3.66. The molecule has 0 unspecified atom stereocenters. The number of halogens is 2. The summed E-state index contributed by atoms with van der Waals surface area (Å²) in [6, 6.07) is 10.1. The molecule has 94 valence electrons. The average molecular weight is 326 g/mol. The quantitative estimate of drug-likeness (QED) is 0.904. The standard InChI is InChI=1S/C14H14BrClN2/c1-10(11-3-2-6-17-8-11)18-9-12-7-13(16)4-5-14(12)15/h2-8,10,18H,9H2,1H3/t10-/m0/s1. The van der Waals surface area contributed by atoms with Gasteiger partial charge in [-0.2, -0.15) is 0 Å². The molecule has 1 aromatic carbocycles. The van der Waals surface area contributed by atoms with Crippen molar-refractivity contribution in [2.75, 3.05) is 0 Å². The first kappa shape index (κ1) is 13.5. The van der Waals surface area contributed by atoms with Crippen molar-refractivity contribution in [2.45, 2.75) is 19.5 Å². The van der Waals surface area contributed by atoms with Gasteiger partial charge in [0.15, 0.2) is 0 Å². The lowest BCUT2D eigenvalue weighted by molar-refractivity contribution is 0.572. The molecule has 0 saturated heterocycles. The minimum atomic E-state index is 0.254. The normalized spacial score (nSPS) is 12.4. The second-order valence-electron chi connectivity index (χ2n) is 4.12. The lowest BCUT2D eigenvalue weighted by atomic mass is 10.1. The zero-order valence-corrected chi connectivity index (χ0v) is 12.4. The van der Waals surface area contributed by atoms with Crippen molar-refractivity contribution in [3.63, 3.8) is 0 Å². The van der Waals surface area contributed by atoms with E-state index < -0.39 is 0 Å². The topological polar surface area (TPSA) is 24.9 Å². The Bertz CT molecular complexity index is 516. The van der Waals surface area contributed by atoms with E-state index in [0.717, 1.165) is 21.6 Å². The minimum Gasteiger partial charge on any atom is -0.306 e. The van der Waals surface area contributed by atoms with Gasteiger partial charge in [0, 0.05) is 34.5 Å². The predicted octanol–water partition coefficient (Wildman–Crippen LogP) is 4.35. The van der Waals surface area contributed by atoms with Crippen LogP contribution in [0.1, 0.15) is 24.1 Å². The van der Waals surface area contributed by atoms with Gasteiger partial charge in [-0.05, 0) is 42.3 Å². The third-order valence-corrected chi connectivity index (χ3v) is 3.80. The molecule has 0 fully saturated rings. The molecule has 18 heavy (non-hydrogen) atoms. The highest BCUT2D eigenvalue weighted by molar-refractivity contribution is 9.10. The van der Waals surface area contributed by atoms with Crippen molar-refractivity contribution >= 4 is 27.5 Å². The molecule has 2 aromatic rings. The molecule has 0 aliphatic heterocycles. The largest absolute Gasteiger partial charge is 0.306 e. The van der Waals surface area contributed by atoms with E-state index in [1.807, 2.05) is 30.5 Å². The molecule has 0 aliphatic carbocycles. The van der Waals surface area contributed by atoms with Gasteiger partial charge in [0.1, 0.15) is 0 Å². The molecule has 0 aliphatic rings. The number of nitrogens with zero attached hydrogens (tertiary/aromatic N) is 1. The van der Waals surface area contributed by atoms with Crippen molar-refractivity contribution in [1.29, 1.82) is 0 Å². The van der Waals surface area contributed by atoms with Gasteiger partial charge in [0.2, 0.25) is 0 Å². The van der Waals surface area contributed by atoms with Crippen LogP contribution in [0.2, 0.25) is 5.02 Å². The Morgan fingerprint density at radius 1 is 1.39 bits per heavy atom. The van der Waals surface area contributed by atoms with Crippen LogP contribution in [-0.2, 0) is 6.54 Å². The van der Waals surface area contributed by atoms with Crippen molar-refractivity contribution in [3.05, 3.63) is 63.3 Å². The summed E-state index contributed by atoms with van der Waals surface area (Å²) in [4.78, 5) is 4.12. The molecule has 2 nitrogen and oxygen atoms in total. The maximum atomic E-state index is 5.99. The van der Waals surface area contributed by atoms with Gasteiger partial charge in [-0.25, -0.2) is 0 Å². The lowest BCUT2D eigenvalue weighted by Gasteiger charge is -2.14. The average Bonchev–Trinajstić information content (AvgIpc) is 2.40. The Labute approximate surface area is 121 Å². The minimum absolute atomic E-state index is 0.254. The van der Waals surface area contributed by atoms with Crippen LogP contribution >= 0.6 is 27.5 Å². The van der Waals surface area contributed by atoms with E-state index in [9.17, 15) is 0 Å². The molecule has 0 bridgehead atoms. The smallest absolute Gasteiger partial charge is 0.0410 e. The molecule has 2 rings (SSSR count). The van der Waals surface area contributed by atoms with Gasteiger partial charge < -0.3 is 5.32 Å². The first-order valence-electron chi connectivity index (χ1n) is 5.74. The van der Waals surface area contributed by atoms with Gasteiger partial charge in [0.05, 0.1) is 0 Å². The van der Waals surface area contributed by atoms with Crippen LogP contribution in [0.25, 0.3) is 0 Å². The van der Waals surface area contributed by atoms with E-state index in [2.05, 4.69) is 39.2 Å². The third-order valence-electron chi connectivity index (χ3n) is 2.79. The van der Waals surface area contributed by atoms with Crippen molar-refractivity contribution in [3.8, 4) is 0 Å². The van der Waals surface area contributed by atoms with Gasteiger partial charge in [-0.1, -0.05) is 33.6 Å². The molecule has 0 saturated carbocycles. The van der Waals surface area contributed by atoms with Crippen LogP contribution in [0.15, 0.2) is 47.2 Å². The number of hydrogen-bond acceptors (Lipinski definition) is 2. The van der Waals surface area contributed by atoms with Crippen molar-refractivity contribution in [1.82, 2.24) is 10.3 Å². The Morgan fingerprint density at radius 2 is 2.22 bits per heavy atom. The first-order valence-corrected chi connectivity index (χ1v) is 6.91. The first-order chi connectivity index (χ1) is 8.66. The fourth-order valence-corrected chi connectivity index (χ4v) is 2.27. The molecular weight excluding hydrogens is 312 g/mol. The second kappa shape index (κ2) is 6.32. The Balaban J connectivity index is 2.01. The van der Waals surface area contributed by atoms with Gasteiger partial charge in [0.25, 0.3) is 0 Å². The number of aromatic nitrogens is 1. The number of hydrogen-bond donors (Lipinski definition) is 1. The Hall–Kier alpha value is -0.900. The summed E-state index contributed by atoms with van der Waals surface area (Å²) in [7, 11) is 0. The molecule has 1 N–H and O–H groups in total. The maximum Gasteiger partial charge on any atom is 0.0410 e. The van der Waals surface area contributed by atoms with Crippen LogP contribution in [0.4, 0.5) is 0 Å². The highest BCUT2D eigenvalue weighted by Crippen LogP contribution is 2.22. The van der Waals surface area contributed by atoms with E-state index in [-0.39, 0.29) is 6.04 Å². The van der Waals surface area contributed by atoms with E-state index in [0.29, 0.717) is 0 Å². The van der Waals surface area contributed by atoms with Crippen LogP contribution < -0.4 is 5.32 Å². The number of pyridine rings is 1. The van der Waals surface area contributed by atoms with Gasteiger partial charge in [-0.3, -0.25) is 4.98 Å². The highest BCUT2D eigenvalue weighted by Gasteiger charge is 2.06. The zero-order valence-electron chi connectivity index (χ0n) is 10.0. The summed E-state index contributed by atoms with van der Waals surface area (Å²) >= 11 is 9.52. The number of benzene rings is 1. The van der Waals surface area contributed by atoms with Gasteiger partial charge >= 0.3 is 0 Å². The number of rotatable bonds is 4. The molecule has 1 aromatic heterocycles. The molecule has 4 heteroatoms. The predicted molar refractivity (Wildman–Crippen MR) is 78.6 cm³/mol. The summed E-state index contributed by atoms with van der Waals surface area (Å²) in [5.74, 6) is 0.